The summed E-state index contributed by atoms with van der Waals surface area (Å²) in [7, 11) is 0. The average Bonchev–Trinajstić information content (AvgIpc) is 2.27. The van der Waals surface area contributed by atoms with Crippen LogP contribution in [0, 0.1) is 0 Å². The molecule has 1 aliphatic rings. The van der Waals surface area contributed by atoms with Crippen molar-refractivity contribution in [3.63, 3.8) is 0 Å². The molecule has 110 valence electrons. The van der Waals surface area contributed by atoms with Crippen LogP contribution in [0.2, 0.25) is 0 Å². The van der Waals surface area contributed by atoms with Gasteiger partial charge in [0.2, 0.25) is 5.91 Å². The number of halogens is 3. The van der Waals surface area contributed by atoms with Gasteiger partial charge in [-0.2, -0.15) is 36.7 Å². The van der Waals surface area contributed by atoms with E-state index in [1.165, 1.54) is 0 Å². The summed E-state index contributed by atoms with van der Waals surface area (Å²) in [5.41, 5.74) is 0. The first-order valence-electron chi connectivity index (χ1n) is 5.56. The molecule has 1 amide bonds. The predicted molar refractivity (Wildman–Crippen MR) is 68.4 cm³/mol. The van der Waals surface area contributed by atoms with Gasteiger partial charge in [0.1, 0.15) is 6.04 Å². The summed E-state index contributed by atoms with van der Waals surface area (Å²) < 4.78 is 36.5. The lowest BCUT2D eigenvalue weighted by atomic mass is 10.2. The zero-order valence-electron chi connectivity index (χ0n) is 9.90. The molecule has 4 nitrogen and oxygen atoms in total. The lowest BCUT2D eigenvalue weighted by molar-refractivity contribution is -0.160. The molecular weight excluding hydrogens is 303 g/mol. The first kappa shape index (κ1) is 16.5. The van der Waals surface area contributed by atoms with Crippen molar-refractivity contribution < 1.29 is 27.9 Å². The Bertz CT molecular complexity index is 332. The molecule has 0 aromatic heterocycles. The van der Waals surface area contributed by atoms with E-state index in [4.69, 9.17) is 5.11 Å². The Hall–Kier alpha value is -0.570. The molecule has 1 heterocycles. The van der Waals surface area contributed by atoms with Crippen molar-refractivity contribution in [3.8, 4) is 0 Å². The van der Waals surface area contributed by atoms with Gasteiger partial charge >= 0.3 is 12.1 Å². The summed E-state index contributed by atoms with van der Waals surface area (Å²) >= 11 is 3.27. The lowest BCUT2D eigenvalue weighted by Gasteiger charge is -2.22. The summed E-state index contributed by atoms with van der Waals surface area (Å²) in [5.74, 6) is 0.338. The number of amides is 1. The number of thioether (sulfide) groups is 2. The summed E-state index contributed by atoms with van der Waals surface area (Å²) in [6.45, 7) is 0. The summed E-state index contributed by atoms with van der Waals surface area (Å²) in [6.07, 6.45) is -6.12. The molecule has 1 rings (SSSR count). The predicted octanol–water partition coefficient (Wildman–Crippen LogP) is 1.75. The van der Waals surface area contributed by atoms with Gasteiger partial charge in [0.05, 0.1) is 6.42 Å². The molecule has 1 aliphatic heterocycles. The Morgan fingerprint density at radius 2 is 2.05 bits per heavy atom. The minimum absolute atomic E-state index is 0.0408. The molecule has 2 atom stereocenters. The highest BCUT2D eigenvalue weighted by Crippen LogP contribution is 2.26. The Morgan fingerprint density at radius 3 is 2.53 bits per heavy atom. The van der Waals surface area contributed by atoms with Gasteiger partial charge in [0, 0.05) is 28.9 Å². The molecule has 1 saturated heterocycles. The minimum atomic E-state index is -4.62. The van der Waals surface area contributed by atoms with Crippen molar-refractivity contribution >= 4 is 35.4 Å². The second kappa shape index (κ2) is 7.28. The van der Waals surface area contributed by atoms with Crippen LogP contribution in [-0.4, -0.2) is 51.7 Å². The van der Waals surface area contributed by atoms with E-state index in [0.29, 0.717) is 0 Å². The molecule has 0 bridgehead atoms. The van der Waals surface area contributed by atoms with Gasteiger partial charge in [-0.15, -0.1) is 0 Å². The second-order valence-electron chi connectivity index (χ2n) is 4.05. The van der Waals surface area contributed by atoms with Crippen molar-refractivity contribution in [2.75, 3.05) is 17.3 Å². The van der Waals surface area contributed by atoms with Crippen LogP contribution < -0.4 is 5.32 Å². The number of hydrogen-bond acceptors (Lipinski definition) is 4. The normalized spacial score (nSPS) is 21.7. The third-order valence-electron chi connectivity index (χ3n) is 2.37. The van der Waals surface area contributed by atoms with Crippen LogP contribution in [0.25, 0.3) is 0 Å². The Morgan fingerprint density at radius 1 is 1.37 bits per heavy atom. The van der Waals surface area contributed by atoms with E-state index in [0.717, 1.165) is 17.3 Å². The molecule has 2 unspecified atom stereocenters. The van der Waals surface area contributed by atoms with E-state index < -0.39 is 30.5 Å². The number of hydrogen-bond donors (Lipinski definition) is 2. The van der Waals surface area contributed by atoms with Crippen LogP contribution in [0.5, 0.6) is 0 Å². The maximum absolute atomic E-state index is 12.2. The summed E-state index contributed by atoms with van der Waals surface area (Å²) in [5, 5.41) is 10.6. The van der Waals surface area contributed by atoms with Gasteiger partial charge < -0.3 is 10.4 Å². The molecule has 0 saturated carbocycles. The quantitative estimate of drug-likeness (QED) is 0.809. The Balaban J connectivity index is 2.44. The molecule has 0 radical (unpaired) electrons. The van der Waals surface area contributed by atoms with E-state index >= 15 is 0 Å². The van der Waals surface area contributed by atoms with Gasteiger partial charge in [-0.3, -0.25) is 4.79 Å². The number of carbonyl (C=O) groups excluding carboxylic acids is 1. The fourth-order valence-corrected chi connectivity index (χ4v) is 4.23. The molecule has 2 N–H and O–H groups in total. The van der Waals surface area contributed by atoms with Crippen molar-refractivity contribution in [2.45, 2.75) is 30.3 Å². The minimum Gasteiger partial charge on any atom is -0.480 e. The highest BCUT2D eigenvalue weighted by atomic mass is 32.2. The third-order valence-corrected chi connectivity index (χ3v) is 5.21. The van der Waals surface area contributed by atoms with E-state index in [9.17, 15) is 22.8 Å². The number of alkyl halides is 3. The smallest absolute Gasteiger partial charge is 0.391 e. The number of carboxylic acids is 1. The van der Waals surface area contributed by atoms with Crippen LogP contribution in [0.4, 0.5) is 13.2 Å². The van der Waals surface area contributed by atoms with Crippen LogP contribution in [0.3, 0.4) is 0 Å². The average molecular weight is 317 g/mol. The Labute approximate surface area is 116 Å². The number of rotatable bonds is 5. The fraction of sp³-hybridized carbons (Fsp3) is 0.800. The van der Waals surface area contributed by atoms with E-state index in [-0.39, 0.29) is 11.7 Å². The number of carboxylic acid groups (broad SMARTS) is 1. The van der Waals surface area contributed by atoms with Gasteiger partial charge in [-0.05, 0) is 0 Å². The maximum atomic E-state index is 12.2. The number of nitrogens with one attached hydrogen (secondary N) is 1. The highest BCUT2D eigenvalue weighted by molar-refractivity contribution is 8.06. The molecule has 19 heavy (non-hydrogen) atoms. The molecule has 0 aliphatic carbocycles. The maximum Gasteiger partial charge on any atom is 0.391 e. The van der Waals surface area contributed by atoms with Crippen molar-refractivity contribution in [2.24, 2.45) is 0 Å². The molecular formula is C10H14F3NO3S2. The molecule has 1 fully saturated rings. The summed E-state index contributed by atoms with van der Waals surface area (Å²) in [6, 6.07) is -1.91. The van der Waals surface area contributed by atoms with Crippen LogP contribution in [-0.2, 0) is 9.59 Å². The van der Waals surface area contributed by atoms with Gasteiger partial charge in [-0.1, -0.05) is 0 Å². The van der Waals surface area contributed by atoms with E-state index in [2.05, 4.69) is 0 Å². The topological polar surface area (TPSA) is 66.4 Å². The number of aliphatic carboxylic acids is 1. The van der Waals surface area contributed by atoms with E-state index in [1.54, 1.807) is 23.5 Å². The zero-order valence-corrected chi connectivity index (χ0v) is 11.5. The highest BCUT2D eigenvalue weighted by Gasteiger charge is 2.36. The third kappa shape index (κ3) is 6.95. The van der Waals surface area contributed by atoms with Crippen molar-refractivity contribution in [1.29, 1.82) is 0 Å². The first-order chi connectivity index (χ1) is 8.78. The van der Waals surface area contributed by atoms with Gasteiger partial charge in [0.25, 0.3) is 0 Å². The standard InChI is InChI=1S/C10H14F3NO3S2/c11-10(12,13)4-7(9(16)17)14-8(15)3-6-5-18-1-2-19-6/h6-7H,1-5H2,(H,14,15)(H,16,17). The molecule has 0 aromatic carbocycles. The molecule has 0 aromatic rings. The van der Waals surface area contributed by atoms with Gasteiger partial charge in [-0.25, -0.2) is 4.79 Å². The first-order valence-corrected chi connectivity index (χ1v) is 7.76. The summed E-state index contributed by atoms with van der Waals surface area (Å²) in [4.78, 5) is 22.2. The lowest BCUT2D eigenvalue weighted by Crippen LogP contribution is -2.44. The van der Waals surface area contributed by atoms with Crippen LogP contribution in [0.1, 0.15) is 12.8 Å². The fourth-order valence-electron chi connectivity index (χ4n) is 1.55. The largest absolute Gasteiger partial charge is 0.480 e. The van der Waals surface area contributed by atoms with Gasteiger partial charge in [0.15, 0.2) is 0 Å². The zero-order chi connectivity index (χ0) is 14.5. The molecule has 9 heteroatoms. The molecule has 0 spiro atoms. The van der Waals surface area contributed by atoms with Crippen molar-refractivity contribution in [3.05, 3.63) is 0 Å². The van der Waals surface area contributed by atoms with Crippen molar-refractivity contribution in [1.82, 2.24) is 5.32 Å². The Kier molecular flexibility index (Phi) is 6.31. The second-order valence-corrected chi connectivity index (χ2v) is 6.61. The number of carbonyl (C=O) groups is 2. The van der Waals surface area contributed by atoms with E-state index in [1.807, 2.05) is 5.32 Å². The monoisotopic (exact) mass is 317 g/mol. The van der Waals surface area contributed by atoms with Crippen LogP contribution in [0.15, 0.2) is 0 Å². The SMILES string of the molecule is O=C(CC1CSCCS1)NC(CC(F)(F)F)C(=O)O. The van der Waals surface area contributed by atoms with Crippen LogP contribution >= 0.6 is 23.5 Å².